The fourth-order valence-corrected chi connectivity index (χ4v) is 7.84. The van der Waals surface area contributed by atoms with Gasteiger partial charge in [-0.3, -0.25) is 4.79 Å². The normalized spacial score (nSPS) is 54.8. The molecule has 0 aromatic rings. The molecule has 12 heteroatoms. The molecule has 37 heavy (non-hydrogen) atoms. The van der Waals surface area contributed by atoms with Gasteiger partial charge in [-0.2, -0.15) is 0 Å². The lowest BCUT2D eigenvalue weighted by molar-refractivity contribution is -0.304. The van der Waals surface area contributed by atoms with Gasteiger partial charge in [0.15, 0.2) is 11.9 Å². The second-order valence-electron chi connectivity index (χ2n) is 11.9. The number of esters is 2. The highest BCUT2D eigenvalue weighted by Gasteiger charge is 2.84. The van der Waals surface area contributed by atoms with Crippen molar-refractivity contribution in [2.75, 3.05) is 13.2 Å². The summed E-state index contributed by atoms with van der Waals surface area (Å²) in [6.45, 7) is 4.84. The van der Waals surface area contributed by atoms with Crippen LogP contribution in [0.1, 0.15) is 33.6 Å². The Hall–Kier alpha value is -1.64. The van der Waals surface area contributed by atoms with Crippen molar-refractivity contribution in [1.29, 1.82) is 0 Å². The summed E-state index contributed by atoms with van der Waals surface area (Å²) in [5, 5.41) is 50.6. The molecule has 0 aromatic heterocycles. The first kappa shape index (κ1) is 25.6. The zero-order valence-electron chi connectivity index (χ0n) is 20.9. The minimum Gasteiger partial charge on any atom is -0.459 e. The zero-order chi connectivity index (χ0) is 26.7. The molecule has 1 spiro atoms. The number of hydrogen-bond acceptors (Lipinski definition) is 12. The third-order valence-electron chi connectivity index (χ3n) is 9.81. The van der Waals surface area contributed by atoms with E-state index in [9.17, 15) is 35.1 Å². The van der Waals surface area contributed by atoms with Gasteiger partial charge in [0.25, 0.3) is 0 Å². The Bertz CT molecular complexity index is 1030. The summed E-state index contributed by atoms with van der Waals surface area (Å²) >= 11 is 0. The quantitative estimate of drug-likeness (QED) is 0.199. The molecule has 6 rings (SSSR count). The van der Waals surface area contributed by atoms with E-state index in [1.54, 1.807) is 13.8 Å². The van der Waals surface area contributed by atoms with Crippen LogP contribution < -0.4 is 0 Å². The molecule has 0 radical (unpaired) electrons. The van der Waals surface area contributed by atoms with Gasteiger partial charge in [-0.15, -0.1) is 0 Å². The van der Waals surface area contributed by atoms with Gasteiger partial charge in [-0.1, -0.05) is 13.8 Å². The Labute approximate surface area is 213 Å². The number of cyclic esters (lactones) is 1. The third-order valence-corrected chi connectivity index (χ3v) is 9.81. The fraction of sp³-hybridized carbons (Fsp3) is 0.840. The fourth-order valence-electron chi connectivity index (χ4n) is 7.84. The van der Waals surface area contributed by atoms with E-state index in [2.05, 4.69) is 0 Å². The smallest absolute Gasteiger partial charge is 0.331 e. The Morgan fingerprint density at radius 2 is 1.84 bits per heavy atom. The van der Waals surface area contributed by atoms with E-state index in [1.807, 2.05) is 6.92 Å². The van der Waals surface area contributed by atoms with E-state index in [0.29, 0.717) is 12.8 Å². The maximum Gasteiger partial charge on any atom is 0.331 e. The maximum atomic E-state index is 13.0. The highest BCUT2D eigenvalue weighted by Crippen LogP contribution is 2.72. The summed E-state index contributed by atoms with van der Waals surface area (Å²) in [4.78, 5) is 25.8. The third kappa shape index (κ3) is 3.18. The second-order valence-corrected chi connectivity index (χ2v) is 11.9. The molecule has 5 fully saturated rings. The molecule has 2 aliphatic carbocycles. The topological polar surface area (TPSA) is 185 Å². The molecule has 6 aliphatic rings. The number of aliphatic hydroxyl groups is 5. The van der Waals surface area contributed by atoms with Gasteiger partial charge in [0.05, 0.1) is 24.7 Å². The van der Waals surface area contributed by atoms with E-state index in [0.717, 1.165) is 5.57 Å². The summed E-state index contributed by atoms with van der Waals surface area (Å²) in [6, 6.07) is 0. The SMILES string of the molecule is C[C@H](CO[C@@H]1O[C@H](CO)[C@@H](O)[C@H](O)[C@H]1O)[C@H]1OC(=O)C=C2[C@@]13O[C@@H]3[C@H]1OC(=O)[C@@]3(C)[C@@H](O)CC[C@@]2(C)[C@@H]13. The number of ether oxygens (including phenoxy) is 5. The van der Waals surface area contributed by atoms with Gasteiger partial charge in [0.2, 0.25) is 0 Å². The first-order chi connectivity index (χ1) is 17.4. The van der Waals surface area contributed by atoms with E-state index in [-0.39, 0.29) is 12.5 Å². The summed E-state index contributed by atoms with van der Waals surface area (Å²) in [7, 11) is 0. The Morgan fingerprint density at radius 1 is 1.11 bits per heavy atom. The summed E-state index contributed by atoms with van der Waals surface area (Å²) < 4.78 is 29.1. The number of carbonyl (C=O) groups is 2. The molecular weight excluding hydrogens is 492 g/mol. The Kier molecular flexibility index (Phi) is 5.67. The molecule has 5 N–H and O–H groups in total. The maximum absolute atomic E-state index is 13.0. The molecule has 4 heterocycles. The standard InChI is InChI=1S/C25H34O12/c1-9(8-33-21-16(31)15(30)14(29)10(7-26)34-21)19-25-11(6-13(28)35-19)23(2)5-4-12(27)24(3)18(23)17(20(25)37-25)36-22(24)32/h6,9-10,12,14-21,26-27,29-31H,4-5,7-8H2,1-3H3/t9-,10-,12+,14-,15+,16-,17+,18-,19-,20-,21-,23-,24+,25-/m1/s1. The van der Waals surface area contributed by atoms with Crippen molar-refractivity contribution in [2.24, 2.45) is 22.7 Å². The van der Waals surface area contributed by atoms with Crippen molar-refractivity contribution in [3.63, 3.8) is 0 Å². The monoisotopic (exact) mass is 526 g/mol. The molecule has 3 saturated heterocycles. The van der Waals surface area contributed by atoms with Crippen LogP contribution in [0.4, 0.5) is 0 Å². The van der Waals surface area contributed by atoms with E-state index < -0.39 is 96.0 Å². The van der Waals surface area contributed by atoms with Crippen LogP contribution in [0.3, 0.4) is 0 Å². The van der Waals surface area contributed by atoms with Crippen molar-refractivity contribution >= 4 is 11.9 Å². The molecule has 12 nitrogen and oxygen atoms in total. The number of epoxide rings is 1. The average Bonchev–Trinajstić information content (AvgIpc) is 3.53. The van der Waals surface area contributed by atoms with Crippen molar-refractivity contribution in [1.82, 2.24) is 0 Å². The predicted octanol–water partition coefficient (Wildman–Crippen LogP) is -1.85. The number of rotatable bonds is 5. The number of carbonyl (C=O) groups excluding carboxylic acids is 2. The second kappa shape index (κ2) is 8.18. The first-order valence-electron chi connectivity index (χ1n) is 12.8. The molecule has 0 amide bonds. The highest BCUT2D eigenvalue weighted by molar-refractivity contribution is 5.87. The van der Waals surface area contributed by atoms with Gasteiger partial charge in [-0.05, 0) is 30.8 Å². The van der Waals surface area contributed by atoms with Crippen molar-refractivity contribution < 1.29 is 58.8 Å². The minimum absolute atomic E-state index is 0.0766. The molecule has 14 atom stereocenters. The van der Waals surface area contributed by atoms with Gasteiger partial charge >= 0.3 is 11.9 Å². The van der Waals surface area contributed by atoms with Gasteiger partial charge < -0.3 is 49.2 Å². The van der Waals surface area contributed by atoms with Crippen LogP contribution in [-0.2, 0) is 33.3 Å². The van der Waals surface area contributed by atoms with Gasteiger partial charge in [0, 0.05) is 17.9 Å². The molecule has 0 unspecified atom stereocenters. The van der Waals surface area contributed by atoms with Crippen LogP contribution in [0.2, 0.25) is 0 Å². The van der Waals surface area contributed by atoms with Crippen LogP contribution in [-0.4, -0.2) is 111 Å². The molecule has 4 aliphatic heterocycles. The van der Waals surface area contributed by atoms with Crippen molar-refractivity contribution in [3.05, 3.63) is 11.6 Å². The molecule has 0 aromatic carbocycles. The van der Waals surface area contributed by atoms with E-state index in [1.165, 1.54) is 6.08 Å². The summed E-state index contributed by atoms with van der Waals surface area (Å²) in [6.07, 6.45) is -7.52. The average molecular weight is 527 g/mol. The van der Waals surface area contributed by atoms with Gasteiger partial charge in [0.1, 0.15) is 42.7 Å². The first-order valence-corrected chi connectivity index (χ1v) is 12.8. The largest absolute Gasteiger partial charge is 0.459 e. The molecule has 206 valence electrons. The molecule has 0 bridgehead atoms. The molecule has 2 saturated carbocycles. The summed E-state index contributed by atoms with van der Waals surface area (Å²) in [5.41, 5.74) is -2.03. The lowest BCUT2D eigenvalue weighted by Crippen LogP contribution is -2.63. The number of fused-ring (bicyclic) bond motifs is 2. The van der Waals surface area contributed by atoms with Crippen molar-refractivity contribution in [2.45, 2.75) is 94.3 Å². The van der Waals surface area contributed by atoms with E-state index in [4.69, 9.17) is 23.7 Å². The van der Waals surface area contributed by atoms with Crippen molar-refractivity contribution in [3.8, 4) is 0 Å². The lowest BCUT2D eigenvalue weighted by Gasteiger charge is -2.55. The Morgan fingerprint density at radius 3 is 2.54 bits per heavy atom. The predicted molar refractivity (Wildman–Crippen MR) is 119 cm³/mol. The number of aliphatic hydroxyl groups excluding tert-OH is 5. The minimum atomic E-state index is -1.58. The van der Waals surface area contributed by atoms with Crippen LogP contribution in [0.15, 0.2) is 11.6 Å². The Balaban J connectivity index is 1.27. The van der Waals surface area contributed by atoms with E-state index >= 15 is 0 Å². The molecular formula is C25H34O12. The zero-order valence-corrected chi connectivity index (χ0v) is 20.9. The lowest BCUT2D eigenvalue weighted by atomic mass is 9.46. The van der Waals surface area contributed by atoms with Crippen LogP contribution >= 0.6 is 0 Å². The summed E-state index contributed by atoms with van der Waals surface area (Å²) in [5.74, 6) is -1.86. The van der Waals surface area contributed by atoms with Gasteiger partial charge in [-0.25, -0.2) is 4.79 Å². The number of hydrogen-bond donors (Lipinski definition) is 5. The van der Waals surface area contributed by atoms with Crippen LogP contribution in [0.25, 0.3) is 0 Å². The van der Waals surface area contributed by atoms with Crippen LogP contribution in [0.5, 0.6) is 0 Å². The highest BCUT2D eigenvalue weighted by atomic mass is 16.7. The van der Waals surface area contributed by atoms with Crippen LogP contribution in [0, 0.1) is 22.7 Å².